The number of methoxy groups -OCH3 is 1. The molecule has 1 saturated heterocycles. The molecule has 2 rings (SSSR count). The highest BCUT2D eigenvalue weighted by Crippen LogP contribution is 2.31. The number of nitrogens with one attached hydrogen (secondary N) is 1. The molecule has 0 amide bonds. The number of thioether (sulfide) groups is 1. The monoisotopic (exact) mass is 237 g/mol. The summed E-state index contributed by atoms with van der Waals surface area (Å²) < 4.78 is 5.35. The Hall–Kier alpha value is -0.670. The van der Waals surface area contributed by atoms with Crippen molar-refractivity contribution in [1.82, 2.24) is 5.32 Å². The van der Waals surface area contributed by atoms with Crippen molar-refractivity contribution in [2.24, 2.45) is 5.92 Å². The number of hydrogen-bond acceptors (Lipinski definition) is 3. The van der Waals surface area contributed by atoms with E-state index in [4.69, 9.17) is 4.74 Å². The zero-order valence-electron chi connectivity index (χ0n) is 9.74. The molecule has 16 heavy (non-hydrogen) atoms. The predicted molar refractivity (Wildman–Crippen MR) is 69.3 cm³/mol. The van der Waals surface area contributed by atoms with Gasteiger partial charge in [-0.15, -0.1) is 11.8 Å². The molecule has 2 nitrogen and oxygen atoms in total. The second-order valence-electron chi connectivity index (χ2n) is 4.17. The van der Waals surface area contributed by atoms with Crippen molar-refractivity contribution < 1.29 is 4.74 Å². The molecule has 1 fully saturated rings. The summed E-state index contributed by atoms with van der Waals surface area (Å²) in [7, 11) is 1.74. The van der Waals surface area contributed by atoms with Crippen LogP contribution in [-0.2, 0) is 0 Å². The van der Waals surface area contributed by atoms with Crippen LogP contribution in [0.4, 0.5) is 0 Å². The highest BCUT2D eigenvalue weighted by atomic mass is 32.2. The molecule has 1 aliphatic heterocycles. The van der Waals surface area contributed by atoms with E-state index < -0.39 is 0 Å². The summed E-state index contributed by atoms with van der Waals surface area (Å²) in [4.78, 5) is 1.26. The lowest BCUT2D eigenvalue weighted by Gasteiger charge is -2.22. The zero-order chi connectivity index (χ0) is 11.2. The van der Waals surface area contributed by atoms with Crippen LogP contribution in [-0.4, -0.2) is 26.0 Å². The maximum atomic E-state index is 5.35. The van der Waals surface area contributed by atoms with Gasteiger partial charge in [0, 0.05) is 10.6 Å². The van der Waals surface area contributed by atoms with Gasteiger partial charge in [-0.2, -0.15) is 0 Å². The first kappa shape index (κ1) is 11.8. The minimum absolute atomic E-state index is 0.809. The summed E-state index contributed by atoms with van der Waals surface area (Å²) in [6.45, 7) is 2.36. The molecule has 0 unspecified atom stereocenters. The van der Waals surface area contributed by atoms with Crippen LogP contribution in [0.25, 0.3) is 0 Å². The van der Waals surface area contributed by atoms with Gasteiger partial charge >= 0.3 is 0 Å². The molecule has 1 N–H and O–H groups in total. The smallest absolute Gasteiger partial charge is 0.132 e. The van der Waals surface area contributed by atoms with E-state index >= 15 is 0 Å². The fourth-order valence-electron chi connectivity index (χ4n) is 2.01. The SMILES string of the molecule is COc1ccccc1SC[C@@H]1CCCNC1. The highest BCUT2D eigenvalue weighted by Gasteiger charge is 2.13. The van der Waals surface area contributed by atoms with E-state index in [0.717, 1.165) is 11.7 Å². The second kappa shape index (κ2) is 6.16. The minimum Gasteiger partial charge on any atom is -0.496 e. The molecule has 88 valence electrons. The Kier molecular flexibility index (Phi) is 4.55. The van der Waals surface area contributed by atoms with Crippen LogP contribution in [0.5, 0.6) is 5.75 Å². The Labute approximate surface area is 102 Å². The normalized spacial score (nSPS) is 20.7. The van der Waals surface area contributed by atoms with Gasteiger partial charge in [0.2, 0.25) is 0 Å². The fraction of sp³-hybridized carbons (Fsp3) is 0.538. The first-order valence-electron chi connectivity index (χ1n) is 5.86. The van der Waals surface area contributed by atoms with Crippen molar-refractivity contribution in [2.75, 3.05) is 26.0 Å². The van der Waals surface area contributed by atoms with Crippen LogP contribution in [0.1, 0.15) is 12.8 Å². The summed E-state index contributed by atoms with van der Waals surface area (Å²) in [6.07, 6.45) is 2.67. The van der Waals surface area contributed by atoms with Crippen LogP contribution < -0.4 is 10.1 Å². The number of ether oxygens (including phenoxy) is 1. The molecule has 1 aliphatic rings. The van der Waals surface area contributed by atoms with Crippen LogP contribution in [0.2, 0.25) is 0 Å². The molecule has 0 aromatic heterocycles. The van der Waals surface area contributed by atoms with Crippen molar-refractivity contribution >= 4 is 11.8 Å². The number of piperidine rings is 1. The zero-order valence-corrected chi connectivity index (χ0v) is 10.6. The summed E-state index contributed by atoms with van der Waals surface area (Å²) in [5.41, 5.74) is 0. The van der Waals surface area contributed by atoms with Gasteiger partial charge in [0.15, 0.2) is 0 Å². The average molecular weight is 237 g/mol. The number of hydrogen-bond donors (Lipinski definition) is 1. The third-order valence-electron chi connectivity index (χ3n) is 2.94. The van der Waals surface area contributed by atoms with E-state index in [1.165, 1.54) is 36.6 Å². The molecule has 0 bridgehead atoms. The average Bonchev–Trinajstić information content (AvgIpc) is 2.38. The van der Waals surface area contributed by atoms with Crippen LogP contribution in [0.15, 0.2) is 29.2 Å². The van der Waals surface area contributed by atoms with E-state index in [0.29, 0.717) is 0 Å². The van der Waals surface area contributed by atoms with Gasteiger partial charge in [0.05, 0.1) is 7.11 Å². The molecule has 1 heterocycles. The number of benzene rings is 1. The molecule has 0 radical (unpaired) electrons. The number of para-hydroxylation sites is 1. The Morgan fingerprint density at radius 3 is 3.06 bits per heavy atom. The Morgan fingerprint density at radius 2 is 2.31 bits per heavy atom. The lowest BCUT2D eigenvalue weighted by atomic mass is 10.0. The topological polar surface area (TPSA) is 21.3 Å². The standard InChI is InChI=1S/C13H19NOS/c1-15-12-6-2-3-7-13(12)16-10-11-5-4-8-14-9-11/h2-3,6-7,11,14H,4-5,8-10H2,1H3/t11-/m1/s1. The summed E-state index contributed by atoms with van der Waals surface area (Å²) >= 11 is 1.91. The molecule has 1 atom stereocenters. The molecule has 3 heteroatoms. The van der Waals surface area contributed by atoms with Gasteiger partial charge in [-0.05, 0) is 44.0 Å². The summed E-state index contributed by atoms with van der Waals surface area (Å²) in [5.74, 6) is 2.99. The van der Waals surface area contributed by atoms with Gasteiger partial charge in [-0.1, -0.05) is 12.1 Å². The highest BCUT2D eigenvalue weighted by molar-refractivity contribution is 7.99. The molecule has 0 aliphatic carbocycles. The van der Waals surface area contributed by atoms with E-state index in [-0.39, 0.29) is 0 Å². The van der Waals surface area contributed by atoms with Gasteiger partial charge in [0.25, 0.3) is 0 Å². The van der Waals surface area contributed by atoms with Gasteiger partial charge in [0.1, 0.15) is 5.75 Å². The van der Waals surface area contributed by atoms with Crippen molar-refractivity contribution in [2.45, 2.75) is 17.7 Å². The molecular weight excluding hydrogens is 218 g/mol. The maximum Gasteiger partial charge on any atom is 0.132 e. The third-order valence-corrected chi connectivity index (χ3v) is 4.23. The van der Waals surface area contributed by atoms with Gasteiger partial charge in [-0.25, -0.2) is 0 Å². The van der Waals surface area contributed by atoms with E-state index in [1.54, 1.807) is 7.11 Å². The van der Waals surface area contributed by atoms with Crippen molar-refractivity contribution in [3.05, 3.63) is 24.3 Å². The molecule has 1 aromatic rings. The lowest BCUT2D eigenvalue weighted by molar-refractivity contribution is 0.402. The van der Waals surface area contributed by atoms with E-state index in [9.17, 15) is 0 Å². The Balaban J connectivity index is 1.88. The largest absolute Gasteiger partial charge is 0.496 e. The Bertz CT molecular complexity index is 323. The predicted octanol–water partition coefficient (Wildman–Crippen LogP) is 2.79. The third kappa shape index (κ3) is 3.16. The molecular formula is C13H19NOS. The Morgan fingerprint density at radius 1 is 1.44 bits per heavy atom. The first-order valence-corrected chi connectivity index (χ1v) is 6.85. The lowest BCUT2D eigenvalue weighted by Crippen LogP contribution is -2.30. The van der Waals surface area contributed by atoms with Gasteiger partial charge in [-0.3, -0.25) is 0 Å². The van der Waals surface area contributed by atoms with E-state index in [2.05, 4.69) is 17.4 Å². The van der Waals surface area contributed by atoms with Crippen LogP contribution in [0, 0.1) is 5.92 Å². The van der Waals surface area contributed by atoms with Crippen LogP contribution in [0.3, 0.4) is 0 Å². The maximum absolute atomic E-state index is 5.35. The summed E-state index contributed by atoms with van der Waals surface area (Å²) in [5, 5.41) is 3.46. The van der Waals surface area contributed by atoms with Crippen molar-refractivity contribution in [1.29, 1.82) is 0 Å². The van der Waals surface area contributed by atoms with Gasteiger partial charge < -0.3 is 10.1 Å². The van der Waals surface area contributed by atoms with E-state index in [1.807, 2.05) is 23.9 Å². The molecule has 0 saturated carbocycles. The minimum atomic E-state index is 0.809. The number of rotatable bonds is 4. The van der Waals surface area contributed by atoms with Crippen molar-refractivity contribution in [3.8, 4) is 5.75 Å². The fourth-order valence-corrected chi connectivity index (χ4v) is 3.18. The molecule has 0 spiro atoms. The summed E-state index contributed by atoms with van der Waals surface area (Å²) in [6, 6.07) is 8.26. The quantitative estimate of drug-likeness (QED) is 0.814. The first-order chi connectivity index (χ1) is 7.90. The molecule has 1 aromatic carbocycles. The van der Waals surface area contributed by atoms with Crippen molar-refractivity contribution in [3.63, 3.8) is 0 Å². The van der Waals surface area contributed by atoms with Crippen LogP contribution >= 0.6 is 11.8 Å². The second-order valence-corrected chi connectivity index (χ2v) is 5.24.